The van der Waals surface area contributed by atoms with E-state index in [2.05, 4.69) is 10.9 Å². The Bertz CT molecular complexity index is 1340. The Morgan fingerprint density at radius 3 is 2.90 bits per heavy atom. The molecule has 2 aromatic heterocycles. The van der Waals surface area contributed by atoms with Crippen LogP contribution >= 0.6 is 0 Å². The summed E-state index contributed by atoms with van der Waals surface area (Å²) in [4.78, 5) is 16.6. The zero-order chi connectivity index (χ0) is 19.8. The molecule has 2 aromatic carbocycles. The number of allylic oxidation sites excluding steroid dienone is 1. The van der Waals surface area contributed by atoms with Crippen LogP contribution in [0.4, 0.5) is 0 Å². The average molecular weight is 381 g/mol. The van der Waals surface area contributed by atoms with E-state index < -0.39 is 0 Å². The summed E-state index contributed by atoms with van der Waals surface area (Å²) >= 11 is 0. The molecule has 5 heteroatoms. The summed E-state index contributed by atoms with van der Waals surface area (Å²) in [6, 6.07) is 15.6. The van der Waals surface area contributed by atoms with E-state index in [-0.39, 0.29) is 12.6 Å². The molecule has 0 fully saturated rings. The van der Waals surface area contributed by atoms with E-state index in [1.807, 2.05) is 54.7 Å². The summed E-state index contributed by atoms with van der Waals surface area (Å²) in [5, 5.41) is 2.07. The molecule has 0 spiro atoms. The number of hydrogen-bond acceptors (Lipinski definition) is 3. The smallest absolute Gasteiger partial charge is 0.278 e. The minimum Gasteiger partial charge on any atom is -0.454 e. The number of nitrogens with one attached hydrogen (secondary N) is 1. The first-order chi connectivity index (χ1) is 14.2. The fourth-order valence-electron chi connectivity index (χ4n) is 3.67. The topological polar surface area (TPSA) is 55.2 Å². The third-order valence-corrected chi connectivity index (χ3v) is 5.01. The Morgan fingerprint density at radius 2 is 2.00 bits per heavy atom. The normalized spacial score (nSPS) is 12.7. The van der Waals surface area contributed by atoms with E-state index in [1.54, 1.807) is 16.7 Å². The number of aromatic amines is 1. The fourth-order valence-corrected chi connectivity index (χ4v) is 3.67. The fraction of sp³-hybridized carbons (Fsp3) is 0.0833. The van der Waals surface area contributed by atoms with Gasteiger partial charge < -0.3 is 14.5 Å². The second kappa shape index (κ2) is 6.84. The van der Waals surface area contributed by atoms with Crippen LogP contribution in [0.5, 0.6) is 11.5 Å². The third-order valence-electron chi connectivity index (χ3n) is 5.01. The number of carbonyl (C=O) groups is 1. The van der Waals surface area contributed by atoms with Crippen molar-refractivity contribution in [2.75, 3.05) is 6.79 Å². The van der Waals surface area contributed by atoms with Gasteiger partial charge >= 0.3 is 0 Å². The molecule has 0 saturated heterocycles. The molecule has 0 aliphatic carbocycles. The van der Waals surface area contributed by atoms with Crippen LogP contribution in [0.2, 0.25) is 0 Å². The highest BCUT2D eigenvalue weighted by Crippen LogP contribution is 2.33. The Balaban J connectivity index is 1.59. The number of H-pyrrole nitrogens is 1. The Hall–Kier alpha value is -4.04. The van der Waals surface area contributed by atoms with Crippen molar-refractivity contribution < 1.29 is 18.8 Å². The SMILES string of the molecule is C#CC[n+]1ccc2c([nH]c3ccccc32)c1C(=O)/C=C/c1ccc2c(c1)OCO2. The number of carbonyl (C=O) groups excluding carboxylic acids is 1. The Morgan fingerprint density at radius 1 is 1.14 bits per heavy atom. The molecule has 4 aromatic rings. The van der Waals surface area contributed by atoms with Gasteiger partial charge in [0.05, 0.1) is 0 Å². The lowest BCUT2D eigenvalue weighted by Crippen LogP contribution is -2.39. The highest BCUT2D eigenvalue weighted by atomic mass is 16.7. The number of pyridine rings is 1. The summed E-state index contributed by atoms with van der Waals surface area (Å²) in [6.07, 6.45) is 10.7. The standard InChI is InChI=1S/C24H16N2O3/c1-2-12-26-13-11-18-17-5-3-4-6-19(17)25-23(18)24(26)20(27)9-7-16-8-10-21-22(14-16)29-15-28-21/h1,3-11,13-14H,12,15H2/p+1/b9-7+. The van der Waals surface area contributed by atoms with Gasteiger partial charge in [-0.1, -0.05) is 30.3 Å². The number of benzene rings is 2. The average Bonchev–Trinajstić information content (AvgIpc) is 3.35. The van der Waals surface area contributed by atoms with Crippen LogP contribution in [0, 0.1) is 12.3 Å². The minimum atomic E-state index is -0.130. The molecule has 0 bridgehead atoms. The number of aromatic nitrogens is 2. The van der Waals surface area contributed by atoms with Crippen molar-refractivity contribution in [1.29, 1.82) is 0 Å². The molecular formula is C24H17N2O3+. The number of ether oxygens (including phenoxy) is 2. The van der Waals surface area contributed by atoms with E-state index in [1.165, 1.54) is 0 Å². The Labute approximate surface area is 167 Å². The maximum Gasteiger partial charge on any atom is 0.278 e. The maximum atomic E-state index is 13.2. The quantitative estimate of drug-likeness (QED) is 0.253. The summed E-state index contributed by atoms with van der Waals surface area (Å²) in [5.41, 5.74) is 3.16. The summed E-state index contributed by atoms with van der Waals surface area (Å²) in [7, 11) is 0. The summed E-state index contributed by atoms with van der Waals surface area (Å²) < 4.78 is 12.5. The van der Waals surface area contributed by atoms with Crippen LogP contribution in [0.15, 0.2) is 60.8 Å². The van der Waals surface area contributed by atoms with Crippen molar-refractivity contribution in [2.45, 2.75) is 6.54 Å². The molecule has 0 atom stereocenters. The summed E-state index contributed by atoms with van der Waals surface area (Å²) in [6.45, 7) is 0.528. The highest BCUT2D eigenvalue weighted by molar-refractivity contribution is 6.16. The van der Waals surface area contributed by atoms with E-state index in [0.29, 0.717) is 23.7 Å². The van der Waals surface area contributed by atoms with Crippen LogP contribution in [-0.2, 0) is 6.54 Å². The summed E-state index contributed by atoms with van der Waals surface area (Å²) in [5.74, 6) is 3.88. The first kappa shape index (κ1) is 17.1. The van der Waals surface area contributed by atoms with E-state index in [4.69, 9.17) is 15.9 Å². The molecule has 0 amide bonds. The lowest BCUT2D eigenvalue weighted by atomic mass is 10.1. The zero-order valence-corrected chi connectivity index (χ0v) is 15.5. The van der Waals surface area contributed by atoms with Gasteiger partial charge in [0, 0.05) is 22.4 Å². The number of ketones is 1. The molecule has 3 heterocycles. The van der Waals surface area contributed by atoms with Crippen molar-refractivity contribution in [2.24, 2.45) is 0 Å². The van der Waals surface area contributed by atoms with Gasteiger partial charge in [-0.3, -0.25) is 4.79 Å². The molecule has 5 nitrogen and oxygen atoms in total. The monoisotopic (exact) mass is 381 g/mol. The molecule has 0 unspecified atom stereocenters. The van der Waals surface area contributed by atoms with Crippen molar-refractivity contribution in [3.05, 3.63) is 72.1 Å². The third kappa shape index (κ3) is 2.91. The number of fused-ring (bicyclic) bond motifs is 4. The lowest BCUT2D eigenvalue weighted by Gasteiger charge is -2.01. The van der Waals surface area contributed by atoms with Crippen molar-refractivity contribution in [1.82, 2.24) is 4.98 Å². The second-order valence-corrected chi connectivity index (χ2v) is 6.77. The molecule has 5 rings (SSSR count). The first-order valence-electron chi connectivity index (χ1n) is 9.23. The van der Waals surface area contributed by atoms with Crippen molar-refractivity contribution in [3.8, 4) is 23.8 Å². The number of nitrogens with zero attached hydrogens (tertiary/aromatic N) is 1. The van der Waals surface area contributed by atoms with Gasteiger partial charge in [0.2, 0.25) is 13.3 Å². The van der Waals surface area contributed by atoms with Crippen LogP contribution in [0.1, 0.15) is 16.1 Å². The molecule has 0 saturated carbocycles. The molecule has 1 aliphatic heterocycles. The predicted octanol–water partition coefficient (Wildman–Crippen LogP) is 3.87. The Kier molecular flexibility index (Phi) is 4.03. The number of terminal acetylenes is 1. The van der Waals surface area contributed by atoms with E-state index in [9.17, 15) is 4.79 Å². The number of para-hydroxylation sites is 1. The van der Waals surface area contributed by atoms with Gasteiger partial charge in [0.1, 0.15) is 5.52 Å². The second-order valence-electron chi connectivity index (χ2n) is 6.77. The zero-order valence-electron chi connectivity index (χ0n) is 15.5. The number of hydrogen-bond donors (Lipinski definition) is 1. The molecule has 0 radical (unpaired) electrons. The van der Waals surface area contributed by atoms with Gasteiger partial charge in [-0.25, -0.2) is 0 Å². The maximum absolute atomic E-state index is 13.2. The molecule has 1 N–H and O–H groups in total. The molecule has 1 aliphatic rings. The first-order valence-corrected chi connectivity index (χ1v) is 9.23. The van der Waals surface area contributed by atoms with Gasteiger partial charge in [0.25, 0.3) is 11.5 Å². The van der Waals surface area contributed by atoms with Crippen molar-refractivity contribution in [3.63, 3.8) is 0 Å². The molecule has 29 heavy (non-hydrogen) atoms. The molecule has 140 valence electrons. The largest absolute Gasteiger partial charge is 0.454 e. The predicted molar refractivity (Wildman–Crippen MR) is 111 cm³/mol. The van der Waals surface area contributed by atoms with E-state index >= 15 is 0 Å². The van der Waals surface area contributed by atoms with Crippen LogP contribution in [0.3, 0.4) is 0 Å². The van der Waals surface area contributed by atoms with E-state index in [0.717, 1.165) is 27.4 Å². The molecular weight excluding hydrogens is 364 g/mol. The van der Waals surface area contributed by atoms with Gasteiger partial charge in [0.15, 0.2) is 17.7 Å². The van der Waals surface area contributed by atoms with Gasteiger partial charge in [-0.15, -0.1) is 6.42 Å². The van der Waals surface area contributed by atoms with Crippen LogP contribution < -0.4 is 14.0 Å². The van der Waals surface area contributed by atoms with Gasteiger partial charge in [-0.2, -0.15) is 4.57 Å². The van der Waals surface area contributed by atoms with Crippen molar-refractivity contribution >= 4 is 33.7 Å². The lowest BCUT2D eigenvalue weighted by molar-refractivity contribution is -0.685. The van der Waals surface area contributed by atoms with Crippen LogP contribution in [-0.4, -0.2) is 17.6 Å². The van der Waals surface area contributed by atoms with Crippen LogP contribution in [0.25, 0.3) is 27.9 Å². The number of rotatable bonds is 4. The van der Waals surface area contributed by atoms with Gasteiger partial charge in [-0.05, 0) is 35.8 Å². The minimum absolute atomic E-state index is 0.130. The highest BCUT2D eigenvalue weighted by Gasteiger charge is 2.23.